The Balaban J connectivity index is 2.04. The molecule has 0 aliphatic heterocycles. The molecule has 0 aromatic heterocycles. The summed E-state index contributed by atoms with van der Waals surface area (Å²) in [6.45, 7) is 6.62. The highest BCUT2D eigenvalue weighted by molar-refractivity contribution is 5.74. The first-order valence-electron chi connectivity index (χ1n) is 7.55. The maximum atomic E-state index is 2.43. The smallest absolute Gasteiger partial charge is 0.00924 e. The summed E-state index contributed by atoms with van der Waals surface area (Å²) in [5.74, 6) is 0.544. The summed E-state index contributed by atoms with van der Waals surface area (Å²) in [5, 5.41) is 0. The fourth-order valence-electron chi connectivity index (χ4n) is 3.29. The molecule has 0 heteroatoms. The summed E-state index contributed by atoms with van der Waals surface area (Å²) in [4.78, 5) is 0. The first-order chi connectivity index (χ1) is 9.69. The van der Waals surface area contributed by atoms with Crippen molar-refractivity contribution in [3.63, 3.8) is 0 Å². The summed E-state index contributed by atoms with van der Waals surface area (Å²) < 4.78 is 0. The van der Waals surface area contributed by atoms with Gasteiger partial charge in [-0.1, -0.05) is 66.6 Å². The van der Waals surface area contributed by atoms with Crippen molar-refractivity contribution in [2.24, 2.45) is 0 Å². The second-order valence-corrected chi connectivity index (χ2v) is 5.89. The Kier molecular flexibility index (Phi) is 3.48. The topological polar surface area (TPSA) is 0 Å². The van der Waals surface area contributed by atoms with Crippen LogP contribution in [0.5, 0.6) is 0 Å². The van der Waals surface area contributed by atoms with E-state index in [2.05, 4.69) is 69.3 Å². The fourth-order valence-corrected chi connectivity index (χ4v) is 3.29. The molecular weight excluding hydrogens is 240 g/mol. The lowest BCUT2D eigenvalue weighted by Crippen LogP contribution is -2.10. The summed E-state index contributed by atoms with van der Waals surface area (Å²) in [6, 6.07) is 15.9. The van der Waals surface area contributed by atoms with Crippen molar-refractivity contribution in [3.05, 3.63) is 76.4 Å². The Hall–Kier alpha value is -1.82. The predicted molar refractivity (Wildman–Crippen MR) is 87.1 cm³/mol. The standard InChI is InChI=1S/C20H22/c1-4-18-19(16-8-5-14(2)6-9-16)12-10-17-13-15(3)7-11-20(17)18/h5-9,11-13,18H,4,10H2,1-3H3. The highest BCUT2D eigenvalue weighted by atomic mass is 14.3. The molecule has 1 atom stereocenters. The third-order valence-corrected chi connectivity index (χ3v) is 4.38. The molecule has 1 unspecified atom stereocenters. The minimum Gasteiger partial charge on any atom is -0.0757 e. The van der Waals surface area contributed by atoms with Crippen LogP contribution in [0, 0.1) is 13.8 Å². The monoisotopic (exact) mass is 262 g/mol. The average molecular weight is 262 g/mol. The number of aryl methyl sites for hydroxylation is 2. The first kappa shape index (κ1) is 13.2. The molecule has 20 heavy (non-hydrogen) atoms. The molecule has 0 nitrogen and oxygen atoms in total. The van der Waals surface area contributed by atoms with E-state index in [-0.39, 0.29) is 0 Å². The lowest BCUT2D eigenvalue weighted by Gasteiger charge is -2.27. The van der Waals surface area contributed by atoms with E-state index in [0.717, 1.165) is 12.8 Å². The molecule has 0 N–H and O–H groups in total. The van der Waals surface area contributed by atoms with Crippen molar-refractivity contribution in [3.8, 4) is 0 Å². The first-order valence-corrected chi connectivity index (χ1v) is 7.55. The Morgan fingerprint density at radius 1 is 0.950 bits per heavy atom. The Labute approximate surface area is 122 Å². The molecule has 1 aliphatic carbocycles. The minimum absolute atomic E-state index is 0.544. The van der Waals surface area contributed by atoms with Crippen molar-refractivity contribution in [2.45, 2.75) is 39.5 Å². The van der Waals surface area contributed by atoms with E-state index in [1.807, 2.05) is 0 Å². The summed E-state index contributed by atoms with van der Waals surface area (Å²) in [6.07, 6.45) is 4.66. The number of allylic oxidation sites excluding steroid dienone is 2. The van der Waals surface area contributed by atoms with Crippen LogP contribution in [0.1, 0.15) is 47.1 Å². The largest absolute Gasteiger partial charge is 0.0757 e. The van der Waals surface area contributed by atoms with Gasteiger partial charge < -0.3 is 0 Å². The van der Waals surface area contributed by atoms with E-state index in [4.69, 9.17) is 0 Å². The van der Waals surface area contributed by atoms with Gasteiger partial charge in [0.2, 0.25) is 0 Å². The van der Waals surface area contributed by atoms with Crippen LogP contribution in [-0.2, 0) is 6.42 Å². The molecule has 102 valence electrons. The molecule has 0 heterocycles. The van der Waals surface area contributed by atoms with Crippen molar-refractivity contribution < 1.29 is 0 Å². The van der Waals surface area contributed by atoms with Gasteiger partial charge in [-0.2, -0.15) is 0 Å². The lowest BCUT2D eigenvalue weighted by atomic mass is 9.77. The molecule has 1 aliphatic rings. The van der Waals surface area contributed by atoms with Crippen LogP contribution in [0.15, 0.2) is 48.5 Å². The zero-order chi connectivity index (χ0) is 14.1. The average Bonchev–Trinajstić information content (AvgIpc) is 2.46. The third-order valence-electron chi connectivity index (χ3n) is 4.38. The van der Waals surface area contributed by atoms with Gasteiger partial charge in [-0.3, -0.25) is 0 Å². The highest BCUT2D eigenvalue weighted by Gasteiger charge is 2.22. The van der Waals surface area contributed by atoms with Crippen LogP contribution >= 0.6 is 0 Å². The van der Waals surface area contributed by atoms with Crippen molar-refractivity contribution in [1.29, 1.82) is 0 Å². The Bertz CT molecular complexity index is 644. The van der Waals surface area contributed by atoms with E-state index < -0.39 is 0 Å². The van der Waals surface area contributed by atoms with Gasteiger partial charge >= 0.3 is 0 Å². The number of fused-ring (bicyclic) bond motifs is 1. The van der Waals surface area contributed by atoms with E-state index >= 15 is 0 Å². The molecular formula is C20H22. The van der Waals surface area contributed by atoms with E-state index in [1.54, 1.807) is 0 Å². The molecule has 0 radical (unpaired) electrons. The van der Waals surface area contributed by atoms with Crippen LogP contribution < -0.4 is 0 Å². The van der Waals surface area contributed by atoms with E-state index in [9.17, 15) is 0 Å². The quantitative estimate of drug-likeness (QED) is 0.676. The highest BCUT2D eigenvalue weighted by Crippen LogP contribution is 2.40. The molecule has 3 rings (SSSR count). The molecule has 2 aromatic rings. The van der Waals surface area contributed by atoms with Gasteiger partial charge in [0.05, 0.1) is 0 Å². The van der Waals surface area contributed by atoms with Gasteiger partial charge in [0, 0.05) is 5.92 Å². The van der Waals surface area contributed by atoms with Gasteiger partial charge in [0.15, 0.2) is 0 Å². The molecule has 0 saturated carbocycles. The maximum absolute atomic E-state index is 2.43. The Morgan fingerprint density at radius 2 is 1.65 bits per heavy atom. The second-order valence-electron chi connectivity index (χ2n) is 5.89. The van der Waals surface area contributed by atoms with Crippen molar-refractivity contribution >= 4 is 5.57 Å². The second kappa shape index (κ2) is 5.28. The van der Waals surface area contributed by atoms with Gasteiger partial charge in [0.1, 0.15) is 0 Å². The van der Waals surface area contributed by atoms with Gasteiger partial charge in [-0.15, -0.1) is 0 Å². The molecule has 0 amide bonds. The van der Waals surface area contributed by atoms with Crippen LogP contribution in [0.2, 0.25) is 0 Å². The zero-order valence-corrected chi connectivity index (χ0v) is 12.6. The molecule has 0 bridgehead atoms. The normalized spacial score (nSPS) is 17.6. The Morgan fingerprint density at radius 3 is 2.35 bits per heavy atom. The van der Waals surface area contributed by atoms with Crippen LogP contribution in [-0.4, -0.2) is 0 Å². The molecule has 0 saturated heterocycles. The lowest BCUT2D eigenvalue weighted by molar-refractivity contribution is 0.796. The molecule has 2 aromatic carbocycles. The number of hydrogen-bond acceptors (Lipinski definition) is 0. The van der Waals surface area contributed by atoms with Crippen molar-refractivity contribution in [1.82, 2.24) is 0 Å². The number of rotatable bonds is 2. The number of benzene rings is 2. The minimum atomic E-state index is 0.544. The summed E-state index contributed by atoms with van der Waals surface area (Å²) in [5.41, 5.74) is 8.61. The zero-order valence-electron chi connectivity index (χ0n) is 12.6. The maximum Gasteiger partial charge on any atom is 0.00924 e. The van der Waals surface area contributed by atoms with Crippen LogP contribution in [0.25, 0.3) is 5.57 Å². The van der Waals surface area contributed by atoms with Crippen LogP contribution in [0.4, 0.5) is 0 Å². The summed E-state index contributed by atoms with van der Waals surface area (Å²) >= 11 is 0. The number of hydrogen-bond donors (Lipinski definition) is 0. The van der Waals surface area contributed by atoms with Gasteiger partial charge in [-0.25, -0.2) is 0 Å². The van der Waals surface area contributed by atoms with E-state index in [1.165, 1.54) is 33.4 Å². The summed E-state index contributed by atoms with van der Waals surface area (Å²) in [7, 11) is 0. The molecule has 0 spiro atoms. The molecule has 0 fully saturated rings. The van der Waals surface area contributed by atoms with Gasteiger partial charge in [0.25, 0.3) is 0 Å². The van der Waals surface area contributed by atoms with Crippen molar-refractivity contribution in [2.75, 3.05) is 0 Å². The van der Waals surface area contributed by atoms with Crippen LogP contribution in [0.3, 0.4) is 0 Å². The van der Waals surface area contributed by atoms with E-state index in [0.29, 0.717) is 5.92 Å². The van der Waals surface area contributed by atoms with Gasteiger partial charge in [-0.05, 0) is 49.0 Å². The SMILES string of the molecule is CCC1C(c2ccc(C)cc2)=CCc2cc(C)ccc21. The predicted octanol–water partition coefficient (Wildman–Crippen LogP) is 5.44. The third kappa shape index (κ3) is 2.31. The fraction of sp³-hybridized carbons (Fsp3) is 0.300.